The fourth-order valence-corrected chi connectivity index (χ4v) is 3.00. The van der Waals surface area contributed by atoms with Crippen LogP contribution in [0.4, 0.5) is 0 Å². The second kappa shape index (κ2) is 3.81. The molecule has 80 valence electrons. The van der Waals surface area contributed by atoms with Crippen molar-refractivity contribution in [1.29, 1.82) is 0 Å². The SMILES string of the molecule is O=C[C@H]1[C@H](c2cc(Cl)cc(Cl)c2)C1(Cl)Cl. The average molecular weight is 284 g/mol. The van der Waals surface area contributed by atoms with Gasteiger partial charge in [-0.2, -0.15) is 0 Å². The molecule has 0 unspecified atom stereocenters. The Hall–Kier alpha value is 0.0500. The summed E-state index contributed by atoms with van der Waals surface area (Å²) in [5.74, 6) is -0.593. The standard InChI is InChI=1S/C10H6Cl4O/c11-6-1-5(2-7(12)3-6)9-8(4-15)10(9,13)14/h1-4,8-9H/t8-,9-/m0/s1. The molecule has 2 atom stereocenters. The molecule has 0 amide bonds. The molecule has 0 aliphatic heterocycles. The van der Waals surface area contributed by atoms with Crippen molar-refractivity contribution in [1.82, 2.24) is 0 Å². The van der Waals surface area contributed by atoms with Crippen molar-refractivity contribution in [3.63, 3.8) is 0 Å². The fourth-order valence-electron chi connectivity index (χ4n) is 1.70. The summed E-state index contributed by atoms with van der Waals surface area (Å²) >= 11 is 23.6. The second-order valence-corrected chi connectivity index (χ2v) is 5.83. The van der Waals surface area contributed by atoms with Gasteiger partial charge in [-0.25, -0.2) is 0 Å². The molecule has 1 aliphatic carbocycles. The largest absolute Gasteiger partial charge is 0.303 e. The predicted octanol–water partition coefficient (Wildman–Crippen LogP) is 4.08. The third-order valence-electron chi connectivity index (χ3n) is 2.50. The van der Waals surface area contributed by atoms with E-state index in [1.165, 1.54) is 0 Å². The minimum atomic E-state index is -1.02. The Balaban J connectivity index is 2.36. The molecule has 0 saturated heterocycles. The lowest BCUT2D eigenvalue weighted by atomic mass is 10.1. The number of alkyl halides is 2. The van der Waals surface area contributed by atoms with Crippen molar-refractivity contribution in [3.8, 4) is 0 Å². The van der Waals surface area contributed by atoms with Gasteiger partial charge in [-0.1, -0.05) is 23.2 Å². The normalized spacial score (nSPS) is 27.5. The molecular weight excluding hydrogens is 278 g/mol. The van der Waals surface area contributed by atoms with Crippen LogP contribution in [-0.4, -0.2) is 10.6 Å². The molecule has 1 aliphatic rings. The molecule has 0 aromatic heterocycles. The van der Waals surface area contributed by atoms with Crippen LogP contribution in [0.3, 0.4) is 0 Å². The molecular formula is C10H6Cl4O. The van der Waals surface area contributed by atoms with Gasteiger partial charge in [0, 0.05) is 16.0 Å². The maximum atomic E-state index is 10.7. The Kier molecular flexibility index (Phi) is 2.93. The van der Waals surface area contributed by atoms with Crippen LogP contribution in [-0.2, 0) is 4.79 Å². The summed E-state index contributed by atoms with van der Waals surface area (Å²) in [5, 5.41) is 1.02. The van der Waals surface area contributed by atoms with E-state index in [-0.39, 0.29) is 11.8 Å². The fraction of sp³-hybridized carbons (Fsp3) is 0.300. The van der Waals surface area contributed by atoms with Gasteiger partial charge in [0.1, 0.15) is 10.6 Å². The average Bonchev–Trinajstić information content (AvgIpc) is 2.66. The molecule has 5 heteroatoms. The Morgan fingerprint density at radius 2 is 1.67 bits per heavy atom. The summed E-state index contributed by atoms with van der Waals surface area (Å²) in [6, 6.07) is 5.07. The number of hydrogen-bond donors (Lipinski definition) is 0. The highest BCUT2D eigenvalue weighted by Crippen LogP contribution is 2.64. The number of hydrogen-bond acceptors (Lipinski definition) is 1. The van der Waals surface area contributed by atoms with E-state index in [1.54, 1.807) is 18.2 Å². The first-order valence-electron chi connectivity index (χ1n) is 4.26. The topological polar surface area (TPSA) is 17.1 Å². The van der Waals surface area contributed by atoms with Crippen molar-refractivity contribution < 1.29 is 4.79 Å². The van der Waals surface area contributed by atoms with Gasteiger partial charge in [-0.15, -0.1) is 23.2 Å². The zero-order chi connectivity index (χ0) is 11.2. The van der Waals surface area contributed by atoms with Gasteiger partial charge in [0.15, 0.2) is 0 Å². The number of aldehydes is 1. The minimum Gasteiger partial charge on any atom is -0.303 e. The van der Waals surface area contributed by atoms with Gasteiger partial charge in [0.2, 0.25) is 0 Å². The third kappa shape index (κ3) is 1.99. The highest BCUT2D eigenvalue weighted by molar-refractivity contribution is 6.53. The molecule has 0 spiro atoms. The second-order valence-electron chi connectivity index (χ2n) is 3.52. The minimum absolute atomic E-state index is 0.213. The van der Waals surface area contributed by atoms with Crippen LogP contribution in [0.15, 0.2) is 18.2 Å². The van der Waals surface area contributed by atoms with Crippen molar-refractivity contribution >= 4 is 52.7 Å². The first kappa shape index (κ1) is 11.5. The van der Waals surface area contributed by atoms with Crippen LogP contribution in [0, 0.1) is 5.92 Å². The van der Waals surface area contributed by atoms with Crippen molar-refractivity contribution in [2.75, 3.05) is 0 Å². The molecule has 0 bridgehead atoms. The van der Waals surface area contributed by atoms with E-state index >= 15 is 0 Å². The van der Waals surface area contributed by atoms with E-state index in [4.69, 9.17) is 46.4 Å². The maximum Gasteiger partial charge on any atom is 0.136 e. The van der Waals surface area contributed by atoms with Gasteiger partial charge < -0.3 is 4.79 Å². The number of carbonyl (C=O) groups excluding carboxylic acids is 1. The first-order chi connectivity index (χ1) is 6.96. The van der Waals surface area contributed by atoms with E-state index in [9.17, 15) is 4.79 Å². The van der Waals surface area contributed by atoms with E-state index in [1.807, 2.05) is 0 Å². The zero-order valence-electron chi connectivity index (χ0n) is 7.38. The van der Waals surface area contributed by atoms with Crippen molar-refractivity contribution in [3.05, 3.63) is 33.8 Å². The van der Waals surface area contributed by atoms with Gasteiger partial charge >= 0.3 is 0 Å². The Labute approximate surface area is 107 Å². The molecule has 1 nitrogen and oxygen atoms in total. The summed E-state index contributed by atoms with van der Waals surface area (Å²) in [7, 11) is 0. The lowest BCUT2D eigenvalue weighted by Gasteiger charge is -2.02. The molecule has 0 N–H and O–H groups in total. The first-order valence-corrected chi connectivity index (χ1v) is 5.77. The smallest absolute Gasteiger partial charge is 0.136 e. The third-order valence-corrected chi connectivity index (χ3v) is 3.91. The molecule has 15 heavy (non-hydrogen) atoms. The lowest BCUT2D eigenvalue weighted by molar-refractivity contribution is -0.108. The Morgan fingerprint density at radius 1 is 1.13 bits per heavy atom. The summed E-state index contributed by atoms with van der Waals surface area (Å²) < 4.78 is -1.02. The molecule has 2 rings (SSSR count). The van der Waals surface area contributed by atoms with Crippen LogP contribution >= 0.6 is 46.4 Å². The predicted molar refractivity (Wildman–Crippen MR) is 63.2 cm³/mol. The highest BCUT2D eigenvalue weighted by Gasteiger charge is 2.64. The van der Waals surface area contributed by atoms with Gasteiger partial charge in [-0.05, 0) is 23.8 Å². The molecule has 1 saturated carbocycles. The summed E-state index contributed by atoms with van der Waals surface area (Å²) in [6.07, 6.45) is 0.763. The van der Waals surface area contributed by atoms with E-state index < -0.39 is 4.33 Å². The number of benzene rings is 1. The summed E-state index contributed by atoms with van der Waals surface area (Å²) in [4.78, 5) is 10.7. The van der Waals surface area contributed by atoms with Gasteiger partial charge in [-0.3, -0.25) is 0 Å². The van der Waals surface area contributed by atoms with Crippen LogP contribution in [0.1, 0.15) is 11.5 Å². The van der Waals surface area contributed by atoms with Crippen molar-refractivity contribution in [2.45, 2.75) is 10.3 Å². The van der Waals surface area contributed by atoms with Crippen molar-refractivity contribution in [2.24, 2.45) is 5.92 Å². The summed E-state index contributed by atoms with van der Waals surface area (Å²) in [5.41, 5.74) is 0.801. The Bertz CT molecular complexity index is 396. The van der Waals surface area contributed by atoms with Crippen LogP contribution in [0.2, 0.25) is 10.0 Å². The maximum absolute atomic E-state index is 10.7. The molecule has 0 radical (unpaired) electrons. The highest BCUT2D eigenvalue weighted by atomic mass is 35.5. The number of halogens is 4. The van der Waals surface area contributed by atoms with Crippen LogP contribution in [0.5, 0.6) is 0 Å². The van der Waals surface area contributed by atoms with Crippen LogP contribution in [0.25, 0.3) is 0 Å². The zero-order valence-corrected chi connectivity index (χ0v) is 10.4. The molecule has 1 aromatic rings. The number of rotatable bonds is 2. The molecule has 1 aromatic carbocycles. The van der Waals surface area contributed by atoms with E-state index in [0.29, 0.717) is 10.0 Å². The summed E-state index contributed by atoms with van der Waals surface area (Å²) in [6.45, 7) is 0. The van der Waals surface area contributed by atoms with Gasteiger partial charge in [0.25, 0.3) is 0 Å². The molecule has 0 heterocycles. The monoisotopic (exact) mass is 282 g/mol. The van der Waals surface area contributed by atoms with E-state index in [0.717, 1.165) is 11.8 Å². The van der Waals surface area contributed by atoms with E-state index in [2.05, 4.69) is 0 Å². The lowest BCUT2D eigenvalue weighted by Crippen LogP contribution is -1.90. The molecule has 1 fully saturated rings. The van der Waals surface area contributed by atoms with Gasteiger partial charge in [0.05, 0.1) is 5.92 Å². The quantitative estimate of drug-likeness (QED) is 0.590. The Morgan fingerprint density at radius 3 is 2.07 bits per heavy atom. The number of carbonyl (C=O) groups is 1. The van der Waals surface area contributed by atoms with Crippen LogP contribution < -0.4 is 0 Å².